The van der Waals surface area contributed by atoms with Gasteiger partial charge in [0.05, 0.1) is 6.67 Å². The third kappa shape index (κ3) is 8.19. The summed E-state index contributed by atoms with van der Waals surface area (Å²) < 4.78 is 11.7. The van der Waals surface area contributed by atoms with Gasteiger partial charge in [-0.05, 0) is 31.2 Å². The molecule has 0 atom stereocenters. The molecule has 0 fully saturated rings. The maximum absolute atomic E-state index is 11.7. The summed E-state index contributed by atoms with van der Waals surface area (Å²) in [6.45, 7) is 5.97. The highest BCUT2D eigenvalue weighted by atomic mass is 19.1. The van der Waals surface area contributed by atoms with Crippen molar-refractivity contribution in [2.24, 2.45) is 5.41 Å². The largest absolute Gasteiger partial charge is 0.396 e. The summed E-state index contributed by atoms with van der Waals surface area (Å²) in [5.74, 6) is 0. The second kappa shape index (κ2) is 7.27. The first-order chi connectivity index (χ1) is 6.12. The fourth-order valence-electron chi connectivity index (χ4n) is 1.26. The number of nitrogens with one attached hydrogen (secondary N) is 1. The zero-order valence-corrected chi connectivity index (χ0v) is 8.77. The van der Waals surface area contributed by atoms with Crippen LogP contribution in [0.3, 0.4) is 0 Å². The highest BCUT2D eigenvalue weighted by Crippen LogP contribution is 2.20. The van der Waals surface area contributed by atoms with Gasteiger partial charge in [0.25, 0.3) is 0 Å². The van der Waals surface area contributed by atoms with Crippen molar-refractivity contribution >= 4 is 0 Å². The average molecular weight is 191 g/mol. The molecule has 0 heterocycles. The van der Waals surface area contributed by atoms with Crippen LogP contribution in [0.25, 0.3) is 0 Å². The van der Waals surface area contributed by atoms with Gasteiger partial charge in [-0.15, -0.1) is 0 Å². The molecule has 13 heavy (non-hydrogen) atoms. The summed E-state index contributed by atoms with van der Waals surface area (Å²) in [6.07, 6.45) is 2.44. The molecule has 0 aliphatic carbocycles. The molecule has 0 aliphatic rings. The van der Waals surface area contributed by atoms with E-state index in [1.807, 2.05) is 0 Å². The molecule has 3 heteroatoms. The van der Waals surface area contributed by atoms with E-state index in [1.165, 1.54) is 0 Å². The van der Waals surface area contributed by atoms with Crippen molar-refractivity contribution in [3.63, 3.8) is 0 Å². The topological polar surface area (TPSA) is 32.3 Å². The molecule has 0 aliphatic heterocycles. The van der Waals surface area contributed by atoms with E-state index in [9.17, 15) is 4.39 Å². The molecule has 2 nitrogen and oxygen atoms in total. The van der Waals surface area contributed by atoms with E-state index in [4.69, 9.17) is 5.11 Å². The first kappa shape index (κ1) is 12.8. The van der Waals surface area contributed by atoms with E-state index in [1.54, 1.807) is 0 Å². The molecule has 0 saturated heterocycles. The summed E-state index contributed by atoms with van der Waals surface area (Å²) in [4.78, 5) is 0. The molecular formula is C10H22FNO. The lowest BCUT2D eigenvalue weighted by Gasteiger charge is -2.24. The van der Waals surface area contributed by atoms with E-state index in [0.29, 0.717) is 6.42 Å². The Morgan fingerprint density at radius 3 is 2.54 bits per heavy atom. The van der Waals surface area contributed by atoms with E-state index in [-0.39, 0.29) is 18.7 Å². The first-order valence-electron chi connectivity index (χ1n) is 5.00. The highest BCUT2D eigenvalue weighted by Gasteiger charge is 2.15. The fraction of sp³-hybridized carbons (Fsp3) is 1.00. The van der Waals surface area contributed by atoms with Crippen LogP contribution in [0.1, 0.15) is 33.1 Å². The molecule has 0 aromatic carbocycles. The van der Waals surface area contributed by atoms with Crippen molar-refractivity contribution in [2.45, 2.75) is 33.1 Å². The minimum Gasteiger partial charge on any atom is -0.396 e. The van der Waals surface area contributed by atoms with Crippen LogP contribution in [0, 0.1) is 5.41 Å². The Morgan fingerprint density at radius 1 is 1.31 bits per heavy atom. The summed E-state index contributed by atoms with van der Waals surface area (Å²) in [6, 6.07) is 0. The van der Waals surface area contributed by atoms with Crippen molar-refractivity contribution in [1.82, 2.24) is 5.32 Å². The third-order valence-electron chi connectivity index (χ3n) is 2.10. The molecule has 2 N–H and O–H groups in total. The van der Waals surface area contributed by atoms with Crippen LogP contribution in [-0.2, 0) is 0 Å². The van der Waals surface area contributed by atoms with Gasteiger partial charge in [-0.25, -0.2) is 0 Å². The molecule has 0 spiro atoms. The van der Waals surface area contributed by atoms with Gasteiger partial charge in [-0.2, -0.15) is 0 Å². The van der Waals surface area contributed by atoms with Gasteiger partial charge in [0.1, 0.15) is 0 Å². The number of halogens is 1. The van der Waals surface area contributed by atoms with E-state index < -0.39 is 0 Å². The van der Waals surface area contributed by atoms with Crippen LogP contribution < -0.4 is 5.32 Å². The lowest BCUT2D eigenvalue weighted by Crippen LogP contribution is -2.30. The van der Waals surface area contributed by atoms with Crippen molar-refractivity contribution in [2.75, 3.05) is 26.4 Å². The number of aliphatic hydroxyl groups is 1. The molecule has 80 valence electrons. The van der Waals surface area contributed by atoms with Crippen molar-refractivity contribution < 1.29 is 9.50 Å². The predicted octanol–water partition coefficient (Wildman–Crippen LogP) is 1.73. The number of rotatable bonds is 8. The highest BCUT2D eigenvalue weighted by molar-refractivity contribution is 4.71. The fourth-order valence-corrected chi connectivity index (χ4v) is 1.26. The normalized spacial score (nSPS) is 12.0. The standard InChI is InChI=1S/C10H22FNO/c1-10(2,5-3-8-13)9-12-7-4-6-11/h12-13H,3-9H2,1-2H3. The third-order valence-corrected chi connectivity index (χ3v) is 2.10. The molecule has 0 rings (SSSR count). The second-order valence-corrected chi connectivity index (χ2v) is 4.21. The van der Waals surface area contributed by atoms with Gasteiger partial charge >= 0.3 is 0 Å². The van der Waals surface area contributed by atoms with Gasteiger partial charge in [0.15, 0.2) is 0 Å². The number of hydrogen-bond donors (Lipinski definition) is 2. The Kier molecular flexibility index (Phi) is 7.19. The number of hydrogen-bond acceptors (Lipinski definition) is 2. The van der Waals surface area contributed by atoms with Gasteiger partial charge in [0, 0.05) is 13.2 Å². The van der Waals surface area contributed by atoms with E-state index >= 15 is 0 Å². The molecule has 0 aromatic heterocycles. The molecule has 0 aromatic rings. The van der Waals surface area contributed by atoms with E-state index in [0.717, 1.165) is 25.9 Å². The monoisotopic (exact) mass is 191 g/mol. The molecule has 0 unspecified atom stereocenters. The minimum absolute atomic E-state index is 0.207. The maximum Gasteiger partial charge on any atom is 0.0906 e. The molecule has 0 bridgehead atoms. The van der Waals surface area contributed by atoms with Crippen LogP contribution in [-0.4, -0.2) is 31.5 Å². The Bertz CT molecular complexity index is 117. The zero-order chi connectivity index (χ0) is 10.2. The van der Waals surface area contributed by atoms with Crippen molar-refractivity contribution in [3.05, 3.63) is 0 Å². The Morgan fingerprint density at radius 2 is 2.00 bits per heavy atom. The Balaban J connectivity index is 3.39. The van der Waals surface area contributed by atoms with Crippen LogP contribution in [0.4, 0.5) is 4.39 Å². The molecule has 0 saturated carbocycles. The molecule has 0 radical (unpaired) electrons. The number of alkyl halides is 1. The van der Waals surface area contributed by atoms with Crippen LogP contribution in [0.5, 0.6) is 0 Å². The zero-order valence-electron chi connectivity index (χ0n) is 8.77. The smallest absolute Gasteiger partial charge is 0.0906 e. The summed E-state index contributed by atoms with van der Waals surface area (Å²) in [5, 5.41) is 11.9. The van der Waals surface area contributed by atoms with Crippen LogP contribution in [0.15, 0.2) is 0 Å². The van der Waals surface area contributed by atoms with Crippen LogP contribution in [0.2, 0.25) is 0 Å². The van der Waals surface area contributed by atoms with Gasteiger partial charge in [0.2, 0.25) is 0 Å². The number of aliphatic hydroxyl groups excluding tert-OH is 1. The average Bonchev–Trinajstić information content (AvgIpc) is 2.09. The first-order valence-corrected chi connectivity index (χ1v) is 5.00. The van der Waals surface area contributed by atoms with Gasteiger partial charge in [-0.1, -0.05) is 13.8 Å². The van der Waals surface area contributed by atoms with E-state index in [2.05, 4.69) is 19.2 Å². The summed E-state index contributed by atoms with van der Waals surface area (Å²) in [7, 11) is 0. The summed E-state index contributed by atoms with van der Waals surface area (Å²) in [5.41, 5.74) is 0.207. The lowest BCUT2D eigenvalue weighted by atomic mass is 9.88. The Hall–Kier alpha value is -0.150. The SMILES string of the molecule is CC(C)(CCCO)CNCCCF. The van der Waals surface area contributed by atoms with Crippen molar-refractivity contribution in [1.29, 1.82) is 0 Å². The quantitative estimate of drug-likeness (QED) is 0.573. The predicted molar refractivity (Wildman–Crippen MR) is 53.6 cm³/mol. The van der Waals surface area contributed by atoms with Gasteiger partial charge < -0.3 is 10.4 Å². The van der Waals surface area contributed by atoms with Crippen LogP contribution >= 0.6 is 0 Å². The van der Waals surface area contributed by atoms with Gasteiger partial charge in [-0.3, -0.25) is 4.39 Å². The molecular weight excluding hydrogens is 169 g/mol. The minimum atomic E-state index is -0.246. The Labute approximate surface area is 80.5 Å². The second-order valence-electron chi connectivity index (χ2n) is 4.21. The molecule has 0 amide bonds. The lowest BCUT2D eigenvalue weighted by molar-refractivity contribution is 0.236. The maximum atomic E-state index is 11.7. The summed E-state index contributed by atoms with van der Waals surface area (Å²) >= 11 is 0. The van der Waals surface area contributed by atoms with Crippen molar-refractivity contribution in [3.8, 4) is 0 Å².